The van der Waals surface area contributed by atoms with Crippen molar-refractivity contribution >= 4 is 11.9 Å². The van der Waals surface area contributed by atoms with Gasteiger partial charge in [0.05, 0.1) is 23.6 Å². The number of nitrogens with one attached hydrogen (secondary N) is 1. The zero-order valence-electron chi connectivity index (χ0n) is 14.7. The van der Waals surface area contributed by atoms with Gasteiger partial charge >= 0.3 is 0 Å². The van der Waals surface area contributed by atoms with E-state index in [2.05, 4.69) is 49.2 Å². The van der Waals surface area contributed by atoms with Crippen molar-refractivity contribution in [1.82, 2.24) is 25.1 Å². The SMILES string of the molecule is CCc1nnc(NCc2cc(C)nc(N3CCCC3)n2)nc1CC. The summed E-state index contributed by atoms with van der Waals surface area (Å²) in [6.45, 7) is 8.82. The minimum atomic E-state index is 0.558. The Balaban J connectivity index is 1.72. The molecule has 1 fully saturated rings. The van der Waals surface area contributed by atoms with Crippen molar-refractivity contribution in [1.29, 1.82) is 0 Å². The van der Waals surface area contributed by atoms with E-state index in [1.165, 1.54) is 12.8 Å². The summed E-state index contributed by atoms with van der Waals surface area (Å²) >= 11 is 0. The Hall–Kier alpha value is -2.31. The highest BCUT2D eigenvalue weighted by molar-refractivity contribution is 5.35. The second kappa shape index (κ2) is 7.51. The second-order valence-corrected chi connectivity index (χ2v) is 6.08. The summed E-state index contributed by atoms with van der Waals surface area (Å²) in [4.78, 5) is 16.1. The smallest absolute Gasteiger partial charge is 0.243 e. The number of anilines is 2. The molecule has 3 heterocycles. The molecule has 0 atom stereocenters. The highest BCUT2D eigenvalue weighted by Crippen LogP contribution is 2.17. The van der Waals surface area contributed by atoms with Gasteiger partial charge in [0.25, 0.3) is 0 Å². The topological polar surface area (TPSA) is 79.7 Å². The van der Waals surface area contributed by atoms with Gasteiger partial charge < -0.3 is 10.2 Å². The summed E-state index contributed by atoms with van der Waals surface area (Å²) in [5.41, 5.74) is 3.91. The predicted octanol–water partition coefficient (Wildman–Crippen LogP) is 2.31. The van der Waals surface area contributed by atoms with E-state index >= 15 is 0 Å². The Labute approximate surface area is 143 Å². The van der Waals surface area contributed by atoms with Crippen LogP contribution in [0.2, 0.25) is 0 Å². The molecule has 7 heteroatoms. The van der Waals surface area contributed by atoms with Gasteiger partial charge in [-0.15, -0.1) is 5.10 Å². The van der Waals surface area contributed by atoms with Crippen LogP contribution in [-0.2, 0) is 19.4 Å². The monoisotopic (exact) mass is 327 g/mol. The van der Waals surface area contributed by atoms with Crippen molar-refractivity contribution in [3.05, 3.63) is 28.8 Å². The van der Waals surface area contributed by atoms with Crippen LogP contribution in [0, 0.1) is 6.92 Å². The van der Waals surface area contributed by atoms with E-state index in [1.54, 1.807) is 0 Å². The third-order valence-electron chi connectivity index (χ3n) is 4.22. The summed E-state index contributed by atoms with van der Waals surface area (Å²) < 4.78 is 0. The van der Waals surface area contributed by atoms with Gasteiger partial charge in [-0.25, -0.2) is 15.0 Å². The van der Waals surface area contributed by atoms with Crippen LogP contribution < -0.4 is 10.2 Å². The Morgan fingerprint density at radius 2 is 1.75 bits per heavy atom. The molecule has 0 saturated carbocycles. The minimum absolute atomic E-state index is 0.558. The normalized spacial score (nSPS) is 14.2. The average molecular weight is 327 g/mol. The molecule has 0 aliphatic carbocycles. The van der Waals surface area contributed by atoms with Crippen molar-refractivity contribution in [2.24, 2.45) is 0 Å². The van der Waals surface area contributed by atoms with Gasteiger partial charge in [-0.3, -0.25) is 0 Å². The molecule has 3 rings (SSSR count). The van der Waals surface area contributed by atoms with Gasteiger partial charge in [0.2, 0.25) is 11.9 Å². The largest absolute Gasteiger partial charge is 0.347 e. The highest BCUT2D eigenvalue weighted by Gasteiger charge is 2.16. The number of nitrogens with zero attached hydrogens (tertiary/aromatic N) is 6. The van der Waals surface area contributed by atoms with E-state index in [9.17, 15) is 0 Å². The highest BCUT2D eigenvalue weighted by atomic mass is 15.3. The first-order valence-corrected chi connectivity index (χ1v) is 8.75. The molecule has 1 N–H and O–H groups in total. The first kappa shape index (κ1) is 16.5. The molecule has 128 valence electrons. The van der Waals surface area contributed by atoms with Gasteiger partial charge in [-0.1, -0.05) is 13.8 Å². The lowest BCUT2D eigenvalue weighted by molar-refractivity contribution is 0.813. The Kier molecular flexibility index (Phi) is 5.17. The molecule has 0 bridgehead atoms. The Bertz CT molecular complexity index is 695. The van der Waals surface area contributed by atoms with Crippen LogP contribution in [0.3, 0.4) is 0 Å². The maximum absolute atomic E-state index is 4.68. The first-order valence-electron chi connectivity index (χ1n) is 8.75. The van der Waals surface area contributed by atoms with Gasteiger partial charge in [0.1, 0.15) is 0 Å². The zero-order chi connectivity index (χ0) is 16.9. The predicted molar refractivity (Wildman–Crippen MR) is 94.1 cm³/mol. The lowest BCUT2D eigenvalue weighted by atomic mass is 10.2. The molecule has 0 spiro atoms. The zero-order valence-corrected chi connectivity index (χ0v) is 14.7. The van der Waals surface area contributed by atoms with Crippen molar-refractivity contribution < 1.29 is 0 Å². The number of aromatic nitrogens is 5. The van der Waals surface area contributed by atoms with Crippen LogP contribution in [0.15, 0.2) is 6.07 Å². The maximum Gasteiger partial charge on any atom is 0.243 e. The van der Waals surface area contributed by atoms with E-state index in [1.807, 2.05) is 13.0 Å². The lowest BCUT2D eigenvalue weighted by Crippen LogP contribution is -2.21. The number of hydrogen-bond donors (Lipinski definition) is 1. The van der Waals surface area contributed by atoms with Crippen LogP contribution in [0.5, 0.6) is 0 Å². The summed E-state index contributed by atoms with van der Waals surface area (Å²) in [6.07, 6.45) is 4.15. The molecular formula is C17H25N7. The van der Waals surface area contributed by atoms with Gasteiger partial charge in [-0.2, -0.15) is 5.10 Å². The molecule has 1 aliphatic rings. The van der Waals surface area contributed by atoms with Crippen LogP contribution in [0.4, 0.5) is 11.9 Å². The summed E-state index contributed by atoms with van der Waals surface area (Å²) in [7, 11) is 0. The molecule has 0 radical (unpaired) electrons. The van der Waals surface area contributed by atoms with Crippen LogP contribution >= 0.6 is 0 Å². The summed E-state index contributed by atoms with van der Waals surface area (Å²) in [5, 5.41) is 11.7. The standard InChI is InChI=1S/C17H25N7/c1-4-14-15(5-2)22-23-16(21-14)18-11-13-10-12(3)19-17(20-13)24-8-6-7-9-24/h10H,4-9,11H2,1-3H3,(H,18,21,23). The van der Waals surface area contributed by atoms with Crippen molar-refractivity contribution in [2.75, 3.05) is 23.3 Å². The fourth-order valence-corrected chi connectivity index (χ4v) is 2.95. The van der Waals surface area contributed by atoms with Crippen molar-refractivity contribution in [3.8, 4) is 0 Å². The summed E-state index contributed by atoms with van der Waals surface area (Å²) in [6, 6.07) is 2.00. The van der Waals surface area contributed by atoms with Crippen molar-refractivity contribution in [3.63, 3.8) is 0 Å². The number of rotatable bonds is 6. The molecule has 24 heavy (non-hydrogen) atoms. The number of hydrogen-bond acceptors (Lipinski definition) is 7. The van der Waals surface area contributed by atoms with E-state index in [0.29, 0.717) is 12.5 Å². The van der Waals surface area contributed by atoms with E-state index in [-0.39, 0.29) is 0 Å². The van der Waals surface area contributed by atoms with Crippen LogP contribution in [-0.4, -0.2) is 38.2 Å². The second-order valence-electron chi connectivity index (χ2n) is 6.08. The van der Waals surface area contributed by atoms with Gasteiger partial charge in [0, 0.05) is 18.8 Å². The number of aryl methyl sites for hydroxylation is 3. The van der Waals surface area contributed by atoms with E-state index < -0.39 is 0 Å². The molecule has 2 aromatic heterocycles. The Morgan fingerprint density at radius 3 is 2.46 bits per heavy atom. The van der Waals surface area contributed by atoms with Crippen LogP contribution in [0.1, 0.15) is 49.5 Å². The minimum Gasteiger partial charge on any atom is -0.347 e. The molecule has 0 unspecified atom stereocenters. The molecule has 2 aromatic rings. The molecule has 0 amide bonds. The molecule has 0 aromatic carbocycles. The maximum atomic E-state index is 4.68. The van der Waals surface area contributed by atoms with Gasteiger partial charge in [-0.05, 0) is 38.7 Å². The third-order valence-corrected chi connectivity index (χ3v) is 4.22. The third kappa shape index (κ3) is 3.77. The van der Waals surface area contributed by atoms with E-state index in [0.717, 1.165) is 54.7 Å². The quantitative estimate of drug-likeness (QED) is 0.872. The molecule has 1 aliphatic heterocycles. The van der Waals surface area contributed by atoms with Crippen molar-refractivity contribution in [2.45, 2.75) is 53.0 Å². The Morgan fingerprint density at radius 1 is 1.00 bits per heavy atom. The lowest BCUT2D eigenvalue weighted by Gasteiger charge is -2.16. The first-order chi connectivity index (χ1) is 11.7. The molecule has 7 nitrogen and oxygen atoms in total. The average Bonchev–Trinajstić information content (AvgIpc) is 3.14. The fourth-order valence-electron chi connectivity index (χ4n) is 2.95. The van der Waals surface area contributed by atoms with E-state index in [4.69, 9.17) is 0 Å². The van der Waals surface area contributed by atoms with Gasteiger partial charge in [0.15, 0.2) is 0 Å². The fraction of sp³-hybridized carbons (Fsp3) is 0.588. The molecule has 1 saturated heterocycles. The molecular weight excluding hydrogens is 302 g/mol. The van der Waals surface area contributed by atoms with Crippen LogP contribution in [0.25, 0.3) is 0 Å². The summed E-state index contributed by atoms with van der Waals surface area (Å²) in [5.74, 6) is 1.39.